The van der Waals surface area contributed by atoms with Crippen LogP contribution in [-0.2, 0) is 0 Å². The number of aliphatic hydroxyl groups excluding tert-OH is 2. The quantitative estimate of drug-likeness (QED) is 0.738. The molecule has 3 atom stereocenters. The van der Waals surface area contributed by atoms with Crippen LogP contribution in [0.25, 0.3) is 0 Å². The van der Waals surface area contributed by atoms with Crippen molar-refractivity contribution in [1.82, 2.24) is 0 Å². The maximum absolute atomic E-state index is 10.1. The van der Waals surface area contributed by atoms with E-state index in [-0.39, 0.29) is 5.92 Å². The van der Waals surface area contributed by atoms with Crippen LogP contribution in [-0.4, -0.2) is 22.4 Å². The molecule has 15 heavy (non-hydrogen) atoms. The normalized spacial score (nSPS) is 24.8. The molecule has 0 saturated heterocycles. The van der Waals surface area contributed by atoms with E-state index in [0.29, 0.717) is 5.92 Å². The van der Waals surface area contributed by atoms with E-state index in [9.17, 15) is 10.2 Å². The third-order valence-electron chi connectivity index (χ3n) is 3.81. The van der Waals surface area contributed by atoms with E-state index in [1.54, 1.807) is 0 Å². The van der Waals surface area contributed by atoms with Crippen LogP contribution in [0, 0.1) is 11.8 Å². The van der Waals surface area contributed by atoms with E-state index >= 15 is 0 Å². The van der Waals surface area contributed by atoms with Crippen molar-refractivity contribution >= 4 is 0 Å². The third-order valence-corrected chi connectivity index (χ3v) is 3.81. The first kappa shape index (κ1) is 13.0. The molecule has 3 unspecified atom stereocenters. The average Bonchev–Trinajstić information content (AvgIpc) is 2.28. The Kier molecular flexibility index (Phi) is 5.62. The molecule has 0 heterocycles. The fourth-order valence-electron chi connectivity index (χ4n) is 2.72. The van der Waals surface area contributed by atoms with Crippen LogP contribution in [0.4, 0.5) is 0 Å². The minimum Gasteiger partial charge on any atom is -0.390 e. The van der Waals surface area contributed by atoms with E-state index in [1.165, 1.54) is 19.3 Å². The molecule has 2 heteroatoms. The summed E-state index contributed by atoms with van der Waals surface area (Å²) in [5, 5.41) is 20.1. The second kappa shape index (κ2) is 6.49. The Morgan fingerprint density at radius 1 is 1.13 bits per heavy atom. The summed E-state index contributed by atoms with van der Waals surface area (Å²) >= 11 is 0. The highest BCUT2D eigenvalue weighted by Gasteiger charge is 2.30. The van der Waals surface area contributed by atoms with E-state index < -0.39 is 12.2 Å². The molecule has 0 spiro atoms. The first-order valence-electron chi connectivity index (χ1n) is 6.53. The Bertz CT molecular complexity index is 164. The van der Waals surface area contributed by atoms with Gasteiger partial charge in [-0.25, -0.2) is 0 Å². The molecule has 0 radical (unpaired) electrons. The molecule has 1 saturated carbocycles. The summed E-state index contributed by atoms with van der Waals surface area (Å²) in [5.74, 6) is 0.569. The molecule has 0 aromatic heterocycles. The van der Waals surface area contributed by atoms with Gasteiger partial charge in [0.25, 0.3) is 0 Å². The Hall–Kier alpha value is -0.0800. The molecule has 90 valence electrons. The monoisotopic (exact) mass is 214 g/mol. The van der Waals surface area contributed by atoms with Crippen LogP contribution in [0.15, 0.2) is 0 Å². The first-order chi connectivity index (χ1) is 7.16. The Morgan fingerprint density at radius 2 is 1.73 bits per heavy atom. The number of aliphatic hydroxyl groups is 2. The molecule has 2 nitrogen and oxygen atoms in total. The van der Waals surface area contributed by atoms with Crippen molar-refractivity contribution in [2.45, 2.75) is 71.0 Å². The van der Waals surface area contributed by atoms with Crippen molar-refractivity contribution in [3.63, 3.8) is 0 Å². The smallest absolute Gasteiger partial charge is 0.0829 e. The van der Waals surface area contributed by atoms with Gasteiger partial charge in [0.15, 0.2) is 0 Å². The number of hydrogen-bond donors (Lipinski definition) is 2. The van der Waals surface area contributed by atoms with Gasteiger partial charge < -0.3 is 10.2 Å². The van der Waals surface area contributed by atoms with Gasteiger partial charge in [0, 0.05) is 0 Å². The zero-order valence-corrected chi connectivity index (χ0v) is 10.2. The van der Waals surface area contributed by atoms with Gasteiger partial charge in [0.05, 0.1) is 12.2 Å². The van der Waals surface area contributed by atoms with Crippen LogP contribution in [0.3, 0.4) is 0 Å². The SMILES string of the molecule is CCCC(C)C(O)C(O)C1CCCCC1. The standard InChI is InChI=1S/C13H26O2/c1-3-7-10(2)12(14)13(15)11-8-5-4-6-9-11/h10-15H,3-9H2,1-2H3. The van der Waals surface area contributed by atoms with Gasteiger partial charge in [-0.05, 0) is 31.1 Å². The molecule has 1 aliphatic rings. The second-order valence-electron chi connectivity index (χ2n) is 5.15. The summed E-state index contributed by atoms with van der Waals surface area (Å²) in [5.41, 5.74) is 0. The molecule has 1 fully saturated rings. The summed E-state index contributed by atoms with van der Waals surface area (Å²) in [6.07, 6.45) is 6.99. The van der Waals surface area contributed by atoms with Crippen LogP contribution >= 0.6 is 0 Å². The Labute approximate surface area is 93.7 Å². The lowest BCUT2D eigenvalue weighted by Crippen LogP contribution is -2.38. The molecule has 0 amide bonds. The maximum Gasteiger partial charge on any atom is 0.0829 e. The summed E-state index contributed by atoms with van der Waals surface area (Å²) in [7, 11) is 0. The maximum atomic E-state index is 10.1. The zero-order chi connectivity index (χ0) is 11.3. The third kappa shape index (κ3) is 3.76. The van der Waals surface area contributed by atoms with Gasteiger partial charge >= 0.3 is 0 Å². The van der Waals surface area contributed by atoms with Crippen molar-refractivity contribution < 1.29 is 10.2 Å². The second-order valence-corrected chi connectivity index (χ2v) is 5.15. The number of rotatable bonds is 5. The molecule has 0 aliphatic heterocycles. The molecule has 2 N–H and O–H groups in total. The van der Waals surface area contributed by atoms with Gasteiger partial charge in [-0.3, -0.25) is 0 Å². The predicted octanol–water partition coefficient (Wildman–Crippen LogP) is 2.72. The Morgan fingerprint density at radius 3 is 2.27 bits per heavy atom. The lowest BCUT2D eigenvalue weighted by molar-refractivity contribution is -0.0533. The highest BCUT2D eigenvalue weighted by molar-refractivity contribution is 4.81. The Balaban J connectivity index is 2.39. The van der Waals surface area contributed by atoms with Crippen molar-refractivity contribution in [2.24, 2.45) is 11.8 Å². The van der Waals surface area contributed by atoms with Crippen LogP contribution in [0.5, 0.6) is 0 Å². The zero-order valence-electron chi connectivity index (χ0n) is 10.2. The average molecular weight is 214 g/mol. The van der Waals surface area contributed by atoms with Crippen LogP contribution < -0.4 is 0 Å². The topological polar surface area (TPSA) is 40.5 Å². The lowest BCUT2D eigenvalue weighted by Gasteiger charge is -2.32. The van der Waals surface area contributed by atoms with E-state index in [4.69, 9.17) is 0 Å². The van der Waals surface area contributed by atoms with Gasteiger partial charge in [-0.15, -0.1) is 0 Å². The highest BCUT2D eigenvalue weighted by atomic mass is 16.3. The van der Waals surface area contributed by atoms with Gasteiger partial charge in [-0.1, -0.05) is 39.5 Å². The lowest BCUT2D eigenvalue weighted by atomic mass is 9.80. The molecular weight excluding hydrogens is 188 g/mol. The van der Waals surface area contributed by atoms with E-state index in [0.717, 1.165) is 25.7 Å². The molecule has 0 bridgehead atoms. The van der Waals surface area contributed by atoms with Crippen molar-refractivity contribution in [3.05, 3.63) is 0 Å². The van der Waals surface area contributed by atoms with E-state index in [2.05, 4.69) is 6.92 Å². The van der Waals surface area contributed by atoms with Gasteiger partial charge in [0.1, 0.15) is 0 Å². The fraction of sp³-hybridized carbons (Fsp3) is 1.00. The van der Waals surface area contributed by atoms with E-state index in [1.807, 2.05) is 6.92 Å². The largest absolute Gasteiger partial charge is 0.390 e. The molecule has 1 rings (SSSR count). The summed E-state index contributed by atoms with van der Waals surface area (Å²) in [6.45, 7) is 4.16. The molecular formula is C13H26O2. The fourth-order valence-corrected chi connectivity index (χ4v) is 2.72. The predicted molar refractivity (Wildman–Crippen MR) is 62.7 cm³/mol. The highest BCUT2D eigenvalue weighted by Crippen LogP contribution is 2.30. The summed E-state index contributed by atoms with van der Waals surface area (Å²) in [4.78, 5) is 0. The number of hydrogen-bond acceptors (Lipinski definition) is 2. The van der Waals surface area contributed by atoms with Crippen LogP contribution in [0.2, 0.25) is 0 Å². The van der Waals surface area contributed by atoms with Gasteiger partial charge in [0.2, 0.25) is 0 Å². The minimum absolute atomic E-state index is 0.229. The summed E-state index contributed by atoms with van der Waals surface area (Å²) < 4.78 is 0. The van der Waals surface area contributed by atoms with Crippen molar-refractivity contribution in [1.29, 1.82) is 0 Å². The minimum atomic E-state index is -0.520. The van der Waals surface area contributed by atoms with Crippen molar-refractivity contribution in [2.75, 3.05) is 0 Å². The van der Waals surface area contributed by atoms with Crippen LogP contribution in [0.1, 0.15) is 58.8 Å². The summed E-state index contributed by atoms with van der Waals surface area (Å²) in [6, 6.07) is 0. The molecule has 0 aromatic rings. The molecule has 0 aromatic carbocycles. The molecule has 1 aliphatic carbocycles. The van der Waals surface area contributed by atoms with Gasteiger partial charge in [-0.2, -0.15) is 0 Å². The first-order valence-corrected chi connectivity index (χ1v) is 6.53. The van der Waals surface area contributed by atoms with Crippen molar-refractivity contribution in [3.8, 4) is 0 Å².